The number of anilines is 2. The summed E-state index contributed by atoms with van der Waals surface area (Å²) in [6.07, 6.45) is 3.40. The fourth-order valence-electron chi connectivity index (χ4n) is 8.42. The topological polar surface area (TPSA) is 257 Å². The van der Waals surface area contributed by atoms with Crippen molar-refractivity contribution in [1.29, 1.82) is 0 Å². The Hall–Kier alpha value is -5.82. The Morgan fingerprint density at radius 3 is 1.71 bits per heavy atom. The van der Waals surface area contributed by atoms with Gasteiger partial charge in [-0.25, -0.2) is 41.1 Å². The standard InChI is InChI=1S/C28H38N7O4P.C18H18N5O6P.C2H6/c1-8-22-20(6)24(39-40(37-15-14-29-7)35(18(2)3)19(4)5)28(38-22)34-17-32-23-25(30-16-31-26(23)34)33-27(36)21-12-10-9-11-13-21;1-10-12(7-24)28-18(14(10)29-30(26)27)23-9-21-13-15(19-8-20-16(13)23)22-17(25)11-5-3-2-4-6-11;1-2/h9-13,16-20,22,24,28H,8,14-15H2,1-6H3,(H,30,31,33,36);2-6,8-10,12,14,18,24H,7H2,1H3,(H-,19,20,22,25,26,27);1-2H3/p+1/t20-,22-,24-,28-,40?;10-,12-,14-,18-;/m11./s1. The molecule has 2 unspecified atom stereocenters. The number of amides is 2. The van der Waals surface area contributed by atoms with Crippen molar-refractivity contribution < 1.29 is 47.2 Å². The molecule has 72 heavy (non-hydrogen) atoms. The summed E-state index contributed by atoms with van der Waals surface area (Å²) in [5, 5.41) is 15.1. The van der Waals surface area contributed by atoms with E-state index in [4.69, 9.17) is 29.6 Å². The number of nitrogens with one attached hydrogen (secondary N) is 2. The molecule has 22 nitrogen and oxygen atoms in total. The van der Waals surface area contributed by atoms with E-state index in [-0.39, 0.29) is 66.9 Å². The highest BCUT2D eigenvalue weighted by Crippen LogP contribution is 2.52. The predicted molar refractivity (Wildman–Crippen MR) is 270 cm³/mol. The summed E-state index contributed by atoms with van der Waals surface area (Å²) >= 11 is 0. The number of ether oxygens (including phenoxy) is 2. The second-order valence-corrected chi connectivity index (χ2v) is 19.2. The number of aliphatic hydroxyl groups excluding tert-OH is 1. The number of carbonyl (C=O) groups is 2. The maximum atomic E-state index is 12.8. The van der Waals surface area contributed by atoms with E-state index in [0.717, 1.165) is 6.42 Å². The van der Waals surface area contributed by atoms with Gasteiger partial charge in [0.1, 0.15) is 25.4 Å². The molecule has 4 aromatic heterocycles. The third-order valence-corrected chi connectivity index (χ3v) is 14.4. The van der Waals surface area contributed by atoms with Crippen molar-refractivity contribution in [3.05, 3.63) is 109 Å². The lowest BCUT2D eigenvalue weighted by atomic mass is 9.99. The number of imidazole rings is 2. The number of hydrogen-bond acceptors (Lipinski definition) is 16. The molecule has 2 aromatic carbocycles. The lowest BCUT2D eigenvalue weighted by molar-refractivity contribution is -0.0450. The minimum absolute atomic E-state index is 0.0433. The molecule has 2 amide bonds. The van der Waals surface area contributed by atoms with Crippen molar-refractivity contribution in [3.8, 4) is 0 Å². The Morgan fingerprint density at radius 1 is 0.792 bits per heavy atom. The number of hydrogen-bond donors (Lipinski definition) is 4. The van der Waals surface area contributed by atoms with E-state index in [2.05, 4.69) is 91.6 Å². The first-order valence-electron chi connectivity index (χ1n) is 23.8. The zero-order valence-electron chi connectivity index (χ0n) is 41.7. The molecule has 24 heteroatoms. The number of fused-ring (bicyclic) bond motifs is 2. The number of nitrogens with zero attached hydrogens (tertiary/aromatic N) is 10. The lowest BCUT2D eigenvalue weighted by Crippen LogP contribution is -2.36. The predicted octanol–water partition coefficient (Wildman–Crippen LogP) is 8.35. The molecule has 2 aliphatic heterocycles. The average Bonchev–Trinajstić information content (AvgIpc) is 4.16. The minimum Gasteiger partial charge on any atom is -0.394 e. The number of rotatable bonds is 18. The van der Waals surface area contributed by atoms with Gasteiger partial charge >= 0.3 is 8.25 Å². The molecule has 10 atom stereocenters. The largest absolute Gasteiger partial charge is 0.695 e. The molecule has 2 fully saturated rings. The lowest BCUT2D eigenvalue weighted by Gasteiger charge is -2.38. The van der Waals surface area contributed by atoms with Crippen LogP contribution in [0.4, 0.5) is 11.6 Å². The van der Waals surface area contributed by atoms with Crippen LogP contribution in [0.15, 0.2) is 86.0 Å². The van der Waals surface area contributed by atoms with Gasteiger partial charge in [-0.1, -0.05) is 71.0 Å². The molecule has 0 spiro atoms. The molecule has 0 radical (unpaired) electrons. The monoisotopic (exact) mass is 1030 g/mol. The van der Waals surface area contributed by atoms with Gasteiger partial charge < -0.3 is 39.1 Å². The van der Waals surface area contributed by atoms with Gasteiger partial charge in [-0.3, -0.25) is 18.7 Å². The molecule has 0 aliphatic carbocycles. The van der Waals surface area contributed by atoms with Gasteiger partial charge in [-0.15, -0.1) is 9.42 Å². The van der Waals surface area contributed by atoms with Gasteiger partial charge in [0.25, 0.3) is 20.3 Å². The normalized spacial score (nSPS) is 22.3. The van der Waals surface area contributed by atoms with Crippen LogP contribution in [0.2, 0.25) is 0 Å². The van der Waals surface area contributed by atoms with Crippen LogP contribution in [0.1, 0.15) is 102 Å². The van der Waals surface area contributed by atoms with Crippen molar-refractivity contribution in [2.75, 3.05) is 30.4 Å². The zero-order chi connectivity index (χ0) is 52.1. The van der Waals surface area contributed by atoms with E-state index in [1.807, 2.05) is 42.7 Å². The van der Waals surface area contributed by atoms with Crippen molar-refractivity contribution in [3.63, 3.8) is 0 Å². The Balaban J connectivity index is 0.000000236. The maximum absolute atomic E-state index is 12.8. The van der Waals surface area contributed by atoms with Crippen LogP contribution in [-0.4, -0.2) is 122 Å². The second-order valence-electron chi connectivity index (χ2n) is 17.1. The molecule has 2 saturated heterocycles. The Kier molecular flexibility index (Phi) is 20.2. The molecule has 4 N–H and O–H groups in total. The third kappa shape index (κ3) is 12.9. The molecule has 0 saturated carbocycles. The SMILES string of the molecule is CC.C[C@H]1[C@@H](O[P+](=O)O)[C@H](n2cnc3c(NC(=O)c4ccccc4)ncnc32)O[C@@H]1CO.[C-]#[N+]CCOP(O[C@@H]1[C@H](C)[C@@H](CC)O[C@H]1n1cnc2c(NC(=O)c3ccccc3)ncnc21)N(C(C)C)C(C)C. The average molecular weight is 1030 g/mol. The third-order valence-electron chi connectivity index (χ3n) is 11.9. The maximum Gasteiger partial charge on any atom is 0.695 e. The Morgan fingerprint density at radius 2 is 1.26 bits per heavy atom. The molecule has 384 valence electrons. The molecule has 6 aromatic rings. The Labute approximate surface area is 420 Å². The van der Waals surface area contributed by atoms with Gasteiger partial charge in [0.2, 0.25) is 6.54 Å². The van der Waals surface area contributed by atoms with E-state index in [0.29, 0.717) is 45.9 Å². The number of aromatic nitrogens is 8. The second kappa shape index (κ2) is 26.2. The molecule has 6 heterocycles. The fraction of sp³-hybridized carbons (Fsp3) is 0.479. The summed E-state index contributed by atoms with van der Waals surface area (Å²) in [7, 11) is -4.37. The molecule has 0 bridgehead atoms. The summed E-state index contributed by atoms with van der Waals surface area (Å²) in [6, 6.07) is 18.0. The number of aliphatic hydroxyl groups is 1. The highest BCUT2D eigenvalue weighted by Gasteiger charge is 2.49. The van der Waals surface area contributed by atoms with Gasteiger partial charge in [-0.05, 0) is 58.4 Å². The summed E-state index contributed by atoms with van der Waals surface area (Å²) in [4.78, 5) is 64.0. The molecular weight excluding hydrogens is 967 g/mol. The summed E-state index contributed by atoms with van der Waals surface area (Å²) in [5.41, 5.74) is 2.63. The summed E-state index contributed by atoms with van der Waals surface area (Å²) < 4.78 is 47.5. The molecular formula is C48H63N12O10P2+. The summed E-state index contributed by atoms with van der Waals surface area (Å²) in [5.74, 6) is -0.399. The van der Waals surface area contributed by atoms with Crippen molar-refractivity contribution in [2.45, 2.75) is 118 Å². The smallest absolute Gasteiger partial charge is 0.394 e. The van der Waals surface area contributed by atoms with E-state index in [9.17, 15) is 24.2 Å². The fourth-order valence-corrected chi connectivity index (χ4v) is 10.7. The highest BCUT2D eigenvalue weighted by atomic mass is 31.2. The van der Waals surface area contributed by atoms with Crippen LogP contribution in [0.5, 0.6) is 0 Å². The first-order chi connectivity index (χ1) is 34.8. The quantitative estimate of drug-likeness (QED) is 0.0358. The molecule has 8 rings (SSSR count). The van der Waals surface area contributed by atoms with Crippen molar-refractivity contribution in [2.24, 2.45) is 11.8 Å². The van der Waals surface area contributed by atoms with Crippen molar-refractivity contribution >= 4 is 62.6 Å². The van der Waals surface area contributed by atoms with Gasteiger partial charge in [-0.2, -0.15) is 0 Å². The van der Waals surface area contributed by atoms with Crippen LogP contribution in [0.25, 0.3) is 27.2 Å². The zero-order valence-corrected chi connectivity index (χ0v) is 43.5. The van der Waals surface area contributed by atoms with E-state index < -0.39 is 41.4 Å². The van der Waals surface area contributed by atoms with Crippen LogP contribution >= 0.6 is 16.8 Å². The van der Waals surface area contributed by atoms with E-state index >= 15 is 0 Å². The van der Waals surface area contributed by atoms with Crippen LogP contribution in [0, 0.1) is 18.4 Å². The highest BCUT2D eigenvalue weighted by molar-refractivity contribution is 7.44. The number of benzene rings is 2. The van der Waals surface area contributed by atoms with Crippen molar-refractivity contribution in [1.82, 2.24) is 43.7 Å². The van der Waals surface area contributed by atoms with Crippen LogP contribution in [0.3, 0.4) is 0 Å². The van der Waals surface area contributed by atoms with Crippen LogP contribution < -0.4 is 10.6 Å². The Bertz CT molecular complexity index is 2760. The minimum atomic E-state index is -2.89. The first-order valence-corrected chi connectivity index (χ1v) is 26.1. The van der Waals surface area contributed by atoms with Crippen LogP contribution in [-0.2, 0) is 27.6 Å². The number of carbonyl (C=O) groups excluding carboxylic acids is 2. The van der Waals surface area contributed by atoms with Gasteiger partial charge in [0.05, 0.1) is 31.5 Å². The summed E-state index contributed by atoms with van der Waals surface area (Å²) in [6.45, 7) is 25.9. The first kappa shape index (κ1) is 55.5. The van der Waals surface area contributed by atoms with Gasteiger partial charge in [0, 0.05) is 39.6 Å². The van der Waals surface area contributed by atoms with E-state index in [1.165, 1.54) is 23.5 Å². The molecule has 2 aliphatic rings. The van der Waals surface area contributed by atoms with E-state index in [1.54, 1.807) is 49.6 Å². The van der Waals surface area contributed by atoms with Gasteiger partial charge in [0.15, 0.2) is 52.5 Å².